The number of allylic oxidation sites excluding steroid dienone is 1. The number of nitro benzene ring substituents is 1. The highest BCUT2D eigenvalue weighted by atomic mass is 79.9. The summed E-state index contributed by atoms with van der Waals surface area (Å²) in [4.78, 5) is 46.1. The van der Waals surface area contributed by atoms with Crippen molar-refractivity contribution >= 4 is 50.7 Å². The van der Waals surface area contributed by atoms with Gasteiger partial charge < -0.3 is 19.1 Å². The third-order valence-electron chi connectivity index (χ3n) is 7.59. The van der Waals surface area contributed by atoms with Crippen LogP contribution >= 0.6 is 27.3 Å². The van der Waals surface area contributed by atoms with Crippen LogP contribution in [0.2, 0.25) is 0 Å². The van der Waals surface area contributed by atoms with E-state index < -0.39 is 17.6 Å². The number of carbonyl (C=O) groups is 1. The number of hydrogen-bond acceptors (Lipinski definition) is 10. The van der Waals surface area contributed by atoms with Crippen LogP contribution in [0, 0.1) is 10.1 Å². The number of piperidine rings is 1. The number of rotatable bonds is 9. The Morgan fingerprint density at radius 1 is 1.16 bits per heavy atom. The molecule has 0 radical (unpaired) electrons. The number of carbonyl (C=O) groups excluding carboxylic acids is 1. The molecule has 3 heterocycles. The van der Waals surface area contributed by atoms with Gasteiger partial charge in [-0.1, -0.05) is 33.3 Å². The lowest BCUT2D eigenvalue weighted by Gasteiger charge is -2.28. The Bertz CT molecular complexity index is 1830. The predicted molar refractivity (Wildman–Crippen MR) is 171 cm³/mol. The van der Waals surface area contributed by atoms with Crippen molar-refractivity contribution in [3.63, 3.8) is 0 Å². The molecule has 44 heavy (non-hydrogen) atoms. The van der Waals surface area contributed by atoms with E-state index in [2.05, 4.69) is 20.9 Å². The molecular formula is C31H33BrN4O7S. The van der Waals surface area contributed by atoms with E-state index in [-0.39, 0.29) is 22.8 Å². The van der Waals surface area contributed by atoms with E-state index in [1.54, 1.807) is 44.2 Å². The van der Waals surface area contributed by atoms with Crippen molar-refractivity contribution in [3.05, 3.63) is 87.0 Å². The standard InChI is InChI=1S/C31H33BrN4O7S/c1-5-42-25-17-21(32)20(16-24(25)41-4)28-27(30(38)43-6-2)18(3)33-31-35(28)29(37)26(44-31)15-19-10-11-22(23(14-19)36(39)40)34-12-8-7-9-13-34/h10-11,14-17,28H,5-9,12-13H2,1-4H3/b26-15-/t28-/m1/s1. The van der Waals surface area contributed by atoms with Crippen LogP contribution in [-0.4, -0.2) is 48.9 Å². The van der Waals surface area contributed by atoms with Gasteiger partial charge in [-0.3, -0.25) is 19.5 Å². The Labute approximate surface area is 266 Å². The molecule has 3 aromatic rings. The zero-order valence-electron chi connectivity index (χ0n) is 24.9. The minimum atomic E-state index is -0.887. The SMILES string of the molecule is CCOC(=O)C1=C(C)N=c2s/c(=C\c3ccc(N4CCCCC4)c([N+](=O)[O-])c3)c(=O)n2[C@@H]1c1cc(OC)c(OCC)cc1Br. The number of hydrogen-bond donors (Lipinski definition) is 0. The van der Waals surface area contributed by atoms with E-state index in [0.29, 0.717) is 54.4 Å². The molecule has 2 aromatic carbocycles. The smallest absolute Gasteiger partial charge is 0.338 e. The summed E-state index contributed by atoms with van der Waals surface area (Å²) in [5, 5.41) is 12.0. The maximum absolute atomic E-state index is 14.1. The fraction of sp³-hybridized carbons (Fsp3) is 0.387. The summed E-state index contributed by atoms with van der Waals surface area (Å²) in [6, 6.07) is 7.63. The van der Waals surface area contributed by atoms with E-state index in [1.165, 1.54) is 17.7 Å². The molecule has 1 fully saturated rings. The molecule has 0 spiro atoms. The minimum absolute atomic E-state index is 0.00263. The molecule has 1 atom stereocenters. The third-order valence-corrected chi connectivity index (χ3v) is 9.25. The van der Waals surface area contributed by atoms with Crippen molar-refractivity contribution in [2.75, 3.05) is 38.3 Å². The minimum Gasteiger partial charge on any atom is -0.493 e. The molecular weight excluding hydrogens is 652 g/mol. The van der Waals surface area contributed by atoms with E-state index in [4.69, 9.17) is 14.2 Å². The van der Waals surface area contributed by atoms with E-state index in [0.717, 1.165) is 43.7 Å². The Balaban J connectivity index is 1.68. The van der Waals surface area contributed by atoms with Crippen molar-refractivity contribution < 1.29 is 23.9 Å². The van der Waals surface area contributed by atoms with Crippen LogP contribution in [0.3, 0.4) is 0 Å². The molecule has 2 aliphatic rings. The van der Waals surface area contributed by atoms with E-state index >= 15 is 0 Å². The number of anilines is 1. The Morgan fingerprint density at radius 2 is 1.91 bits per heavy atom. The number of thiazole rings is 1. The van der Waals surface area contributed by atoms with Gasteiger partial charge in [-0.2, -0.15) is 0 Å². The lowest BCUT2D eigenvalue weighted by molar-refractivity contribution is -0.384. The van der Waals surface area contributed by atoms with Crippen LogP contribution in [0.4, 0.5) is 11.4 Å². The summed E-state index contributed by atoms with van der Waals surface area (Å²) in [6.45, 7) is 7.39. The summed E-state index contributed by atoms with van der Waals surface area (Å²) in [5.41, 5.74) is 1.92. The largest absolute Gasteiger partial charge is 0.493 e. The van der Waals surface area contributed by atoms with Gasteiger partial charge in [0, 0.05) is 23.6 Å². The van der Waals surface area contributed by atoms with Crippen molar-refractivity contribution in [3.8, 4) is 11.5 Å². The maximum atomic E-state index is 14.1. The second kappa shape index (κ2) is 13.3. The average molecular weight is 686 g/mol. The summed E-state index contributed by atoms with van der Waals surface area (Å²) in [6.07, 6.45) is 4.72. The predicted octanol–water partition coefficient (Wildman–Crippen LogP) is 4.87. The van der Waals surface area contributed by atoms with Gasteiger partial charge >= 0.3 is 5.97 Å². The number of nitro groups is 1. The van der Waals surface area contributed by atoms with Crippen LogP contribution in [0.5, 0.6) is 11.5 Å². The summed E-state index contributed by atoms with van der Waals surface area (Å²) in [7, 11) is 1.52. The van der Waals surface area contributed by atoms with Gasteiger partial charge in [-0.15, -0.1) is 0 Å². The van der Waals surface area contributed by atoms with Gasteiger partial charge in [-0.25, -0.2) is 9.79 Å². The van der Waals surface area contributed by atoms with Crippen LogP contribution in [0.1, 0.15) is 57.2 Å². The molecule has 0 unspecified atom stereocenters. The highest BCUT2D eigenvalue weighted by Crippen LogP contribution is 2.41. The number of halogens is 1. The molecule has 0 amide bonds. The number of fused-ring (bicyclic) bond motifs is 1. The van der Waals surface area contributed by atoms with Crippen molar-refractivity contribution in [2.24, 2.45) is 4.99 Å². The highest BCUT2D eigenvalue weighted by molar-refractivity contribution is 9.10. The van der Waals surface area contributed by atoms with Crippen LogP contribution in [-0.2, 0) is 9.53 Å². The van der Waals surface area contributed by atoms with Crippen LogP contribution in [0.25, 0.3) is 6.08 Å². The maximum Gasteiger partial charge on any atom is 0.338 e. The first-order valence-corrected chi connectivity index (χ1v) is 16.0. The average Bonchev–Trinajstić information content (AvgIpc) is 3.31. The number of esters is 1. The lowest BCUT2D eigenvalue weighted by Crippen LogP contribution is -2.40. The summed E-state index contributed by atoms with van der Waals surface area (Å²) >= 11 is 4.77. The van der Waals surface area contributed by atoms with Crippen molar-refractivity contribution in [1.29, 1.82) is 0 Å². The molecule has 11 nitrogen and oxygen atoms in total. The van der Waals surface area contributed by atoms with Crippen molar-refractivity contribution in [2.45, 2.75) is 46.1 Å². The van der Waals surface area contributed by atoms with Gasteiger partial charge in [0.05, 0.1) is 47.1 Å². The molecule has 0 aliphatic carbocycles. The van der Waals surface area contributed by atoms with Gasteiger partial charge in [0.2, 0.25) is 0 Å². The Hall–Kier alpha value is -3.97. The van der Waals surface area contributed by atoms with Crippen molar-refractivity contribution in [1.82, 2.24) is 4.57 Å². The first kappa shape index (κ1) is 31.5. The quantitative estimate of drug-likeness (QED) is 0.178. The zero-order chi connectivity index (χ0) is 31.5. The van der Waals surface area contributed by atoms with E-state index in [1.807, 2.05) is 11.8 Å². The number of nitrogens with zero attached hydrogens (tertiary/aromatic N) is 4. The van der Waals surface area contributed by atoms with E-state index in [9.17, 15) is 19.7 Å². The zero-order valence-corrected chi connectivity index (χ0v) is 27.3. The Morgan fingerprint density at radius 3 is 2.57 bits per heavy atom. The van der Waals surface area contributed by atoms with Gasteiger partial charge in [0.25, 0.3) is 11.2 Å². The summed E-state index contributed by atoms with van der Waals surface area (Å²) in [5.74, 6) is 0.355. The molecule has 0 saturated carbocycles. The number of methoxy groups -OCH3 is 1. The third kappa shape index (κ3) is 6.03. The summed E-state index contributed by atoms with van der Waals surface area (Å²) < 4.78 is 19.1. The molecule has 232 valence electrons. The fourth-order valence-corrected chi connectivity index (χ4v) is 7.19. The highest BCUT2D eigenvalue weighted by Gasteiger charge is 2.35. The van der Waals surface area contributed by atoms with Crippen LogP contribution < -0.4 is 29.3 Å². The monoisotopic (exact) mass is 684 g/mol. The Kier molecular flexibility index (Phi) is 9.54. The number of benzene rings is 2. The second-order valence-electron chi connectivity index (χ2n) is 10.3. The second-order valence-corrected chi connectivity index (χ2v) is 12.2. The molecule has 1 saturated heterocycles. The molecule has 2 aliphatic heterocycles. The van der Waals surface area contributed by atoms with Gasteiger partial charge in [-0.05, 0) is 75.4 Å². The normalized spacial score (nSPS) is 16.8. The molecule has 0 bridgehead atoms. The van der Waals surface area contributed by atoms with Crippen LogP contribution in [0.15, 0.2) is 55.9 Å². The number of ether oxygens (including phenoxy) is 3. The topological polar surface area (TPSA) is 126 Å². The fourth-order valence-electron chi connectivity index (χ4n) is 5.60. The first-order valence-electron chi connectivity index (χ1n) is 14.4. The molecule has 0 N–H and O–H groups in total. The molecule has 13 heteroatoms. The lowest BCUT2D eigenvalue weighted by atomic mass is 9.95. The number of aromatic nitrogens is 1. The first-order chi connectivity index (χ1) is 21.2. The molecule has 5 rings (SSSR count). The molecule has 1 aromatic heterocycles. The van der Waals surface area contributed by atoms with Gasteiger partial charge in [0.15, 0.2) is 16.3 Å². The van der Waals surface area contributed by atoms with Gasteiger partial charge in [0.1, 0.15) is 5.69 Å².